The molecular weight excluding hydrogens is 280 g/mol. The summed E-state index contributed by atoms with van der Waals surface area (Å²) in [6, 6.07) is 3.52. The molecule has 3 rings (SSSR count). The highest BCUT2D eigenvalue weighted by molar-refractivity contribution is 5.83. The number of amides is 1. The number of rotatable bonds is 5. The predicted octanol–water partition coefficient (Wildman–Crippen LogP) is 0.961. The molecule has 7 nitrogen and oxygen atoms in total. The molecule has 0 saturated carbocycles. The molecule has 1 fully saturated rings. The Morgan fingerprint density at radius 3 is 2.91 bits per heavy atom. The van der Waals surface area contributed by atoms with E-state index in [1.807, 2.05) is 19.1 Å². The predicted molar refractivity (Wildman–Crippen MR) is 80.8 cm³/mol. The van der Waals surface area contributed by atoms with E-state index < -0.39 is 0 Å². The first kappa shape index (κ1) is 14.6. The second-order valence-corrected chi connectivity index (χ2v) is 5.49. The number of nitrogens with zero attached hydrogens (tertiary/aromatic N) is 4. The Labute approximate surface area is 129 Å². The molecule has 1 unspecified atom stereocenters. The molecule has 22 heavy (non-hydrogen) atoms. The van der Waals surface area contributed by atoms with Crippen molar-refractivity contribution in [3.8, 4) is 0 Å². The zero-order valence-electron chi connectivity index (χ0n) is 12.6. The van der Waals surface area contributed by atoms with E-state index in [-0.39, 0.29) is 11.9 Å². The quantitative estimate of drug-likeness (QED) is 0.859. The molecule has 0 aliphatic carbocycles. The molecule has 1 atom stereocenters. The summed E-state index contributed by atoms with van der Waals surface area (Å²) in [5, 5.41) is 9.75. The minimum absolute atomic E-state index is 0.0302. The van der Waals surface area contributed by atoms with Gasteiger partial charge in [0.25, 0.3) is 0 Å². The fraction of sp³-hybridized carbons (Fsp3) is 0.467. The maximum atomic E-state index is 12.7. The largest absolute Gasteiger partial charge is 0.347 e. The maximum Gasteiger partial charge on any atom is 0.242 e. The first-order valence-corrected chi connectivity index (χ1v) is 7.53. The monoisotopic (exact) mass is 300 g/mol. The van der Waals surface area contributed by atoms with Crippen molar-refractivity contribution in [2.45, 2.75) is 32.4 Å². The van der Waals surface area contributed by atoms with Gasteiger partial charge in [0.2, 0.25) is 5.91 Å². The van der Waals surface area contributed by atoms with E-state index in [4.69, 9.17) is 0 Å². The van der Waals surface area contributed by atoms with E-state index in [0.717, 1.165) is 37.3 Å². The third kappa shape index (κ3) is 3.30. The first-order valence-electron chi connectivity index (χ1n) is 7.53. The van der Waals surface area contributed by atoms with Gasteiger partial charge in [-0.25, -0.2) is 4.98 Å². The zero-order valence-corrected chi connectivity index (χ0v) is 12.6. The van der Waals surface area contributed by atoms with Crippen LogP contribution in [0.5, 0.6) is 0 Å². The Bertz CT molecular complexity index is 620. The van der Waals surface area contributed by atoms with Gasteiger partial charge in [-0.05, 0) is 44.5 Å². The van der Waals surface area contributed by atoms with Crippen LogP contribution in [-0.2, 0) is 11.3 Å². The van der Waals surface area contributed by atoms with E-state index in [1.54, 1.807) is 12.4 Å². The molecular formula is C15H20N6O. The van der Waals surface area contributed by atoms with Crippen LogP contribution in [0.15, 0.2) is 24.5 Å². The SMILES string of the molecule is Cc1nc(CNC(=O)C(c2cccnc2)N2CCCC2)n[nH]1. The number of carbonyl (C=O) groups is 1. The highest BCUT2D eigenvalue weighted by Crippen LogP contribution is 2.24. The van der Waals surface area contributed by atoms with Crippen molar-refractivity contribution in [1.29, 1.82) is 0 Å². The highest BCUT2D eigenvalue weighted by atomic mass is 16.2. The van der Waals surface area contributed by atoms with Crippen LogP contribution >= 0.6 is 0 Å². The summed E-state index contributed by atoms with van der Waals surface area (Å²) in [7, 11) is 0. The van der Waals surface area contributed by atoms with E-state index >= 15 is 0 Å². The number of hydrogen-bond acceptors (Lipinski definition) is 5. The van der Waals surface area contributed by atoms with Crippen molar-refractivity contribution in [3.63, 3.8) is 0 Å². The molecule has 2 aromatic heterocycles. The van der Waals surface area contributed by atoms with Gasteiger partial charge in [-0.1, -0.05) is 6.07 Å². The molecule has 3 heterocycles. The highest BCUT2D eigenvalue weighted by Gasteiger charge is 2.29. The van der Waals surface area contributed by atoms with Crippen LogP contribution in [0.1, 0.15) is 36.1 Å². The number of aryl methyl sites for hydroxylation is 1. The summed E-state index contributed by atoms with van der Waals surface area (Å²) < 4.78 is 0. The molecule has 1 saturated heterocycles. The van der Waals surface area contributed by atoms with E-state index in [2.05, 4.69) is 30.4 Å². The fourth-order valence-electron chi connectivity index (χ4n) is 2.80. The topological polar surface area (TPSA) is 86.8 Å². The lowest BCUT2D eigenvalue weighted by Crippen LogP contribution is -2.39. The smallest absolute Gasteiger partial charge is 0.242 e. The number of hydrogen-bond donors (Lipinski definition) is 2. The van der Waals surface area contributed by atoms with Crippen LogP contribution in [0.4, 0.5) is 0 Å². The molecule has 1 aliphatic rings. The van der Waals surface area contributed by atoms with Gasteiger partial charge in [-0.15, -0.1) is 0 Å². The molecule has 7 heteroatoms. The average molecular weight is 300 g/mol. The Balaban J connectivity index is 1.72. The Morgan fingerprint density at radius 2 is 2.27 bits per heavy atom. The second-order valence-electron chi connectivity index (χ2n) is 5.49. The zero-order chi connectivity index (χ0) is 15.4. The van der Waals surface area contributed by atoms with Crippen LogP contribution in [0.25, 0.3) is 0 Å². The summed E-state index contributed by atoms with van der Waals surface area (Å²) >= 11 is 0. The first-order chi connectivity index (χ1) is 10.7. The number of pyridine rings is 1. The Kier molecular flexibility index (Phi) is 4.43. The molecule has 2 N–H and O–H groups in total. The number of H-pyrrole nitrogens is 1. The Morgan fingerprint density at radius 1 is 1.45 bits per heavy atom. The maximum absolute atomic E-state index is 12.7. The van der Waals surface area contributed by atoms with E-state index in [1.165, 1.54) is 0 Å². The van der Waals surface area contributed by atoms with Crippen LogP contribution < -0.4 is 5.32 Å². The molecule has 0 bridgehead atoms. The Hall–Kier alpha value is -2.28. The summed E-state index contributed by atoms with van der Waals surface area (Å²) in [5.41, 5.74) is 0.924. The minimum Gasteiger partial charge on any atom is -0.347 e. The summed E-state index contributed by atoms with van der Waals surface area (Å²) in [4.78, 5) is 23.2. The molecule has 0 spiro atoms. The van der Waals surface area contributed by atoms with Crippen molar-refractivity contribution in [2.75, 3.05) is 13.1 Å². The van der Waals surface area contributed by atoms with Crippen molar-refractivity contribution >= 4 is 5.91 Å². The molecule has 1 aliphatic heterocycles. The van der Waals surface area contributed by atoms with Gasteiger partial charge in [0.1, 0.15) is 11.9 Å². The van der Waals surface area contributed by atoms with Crippen LogP contribution in [-0.4, -0.2) is 44.1 Å². The normalized spacial score (nSPS) is 16.6. The lowest BCUT2D eigenvalue weighted by atomic mass is 10.1. The number of aromatic nitrogens is 4. The van der Waals surface area contributed by atoms with Gasteiger partial charge >= 0.3 is 0 Å². The van der Waals surface area contributed by atoms with E-state index in [9.17, 15) is 4.79 Å². The third-order valence-corrected chi connectivity index (χ3v) is 3.82. The molecule has 116 valence electrons. The fourth-order valence-corrected chi connectivity index (χ4v) is 2.80. The van der Waals surface area contributed by atoms with Crippen LogP contribution in [0.2, 0.25) is 0 Å². The van der Waals surface area contributed by atoms with Crippen LogP contribution in [0, 0.1) is 6.92 Å². The van der Waals surface area contributed by atoms with Crippen molar-refractivity contribution < 1.29 is 4.79 Å². The number of likely N-dealkylation sites (tertiary alicyclic amines) is 1. The molecule has 1 amide bonds. The van der Waals surface area contributed by atoms with Gasteiger partial charge in [0, 0.05) is 12.4 Å². The van der Waals surface area contributed by atoms with Crippen molar-refractivity contribution in [1.82, 2.24) is 30.4 Å². The van der Waals surface area contributed by atoms with Crippen LogP contribution in [0.3, 0.4) is 0 Å². The minimum atomic E-state index is -0.295. The van der Waals surface area contributed by atoms with Gasteiger partial charge in [-0.2, -0.15) is 5.10 Å². The molecule has 2 aromatic rings. The standard InChI is InChI=1S/C15H20N6O/c1-11-18-13(20-19-11)10-17-15(22)14(21-7-2-3-8-21)12-5-4-6-16-9-12/h4-6,9,14H,2-3,7-8,10H2,1H3,(H,17,22)(H,18,19,20). The number of aromatic amines is 1. The molecule has 0 radical (unpaired) electrons. The lowest BCUT2D eigenvalue weighted by molar-refractivity contribution is -0.126. The van der Waals surface area contributed by atoms with Gasteiger partial charge in [-0.3, -0.25) is 19.8 Å². The number of carbonyl (C=O) groups excluding carboxylic acids is 1. The third-order valence-electron chi connectivity index (χ3n) is 3.82. The second kappa shape index (κ2) is 6.65. The average Bonchev–Trinajstić information content (AvgIpc) is 3.18. The summed E-state index contributed by atoms with van der Waals surface area (Å²) in [6.07, 6.45) is 5.74. The van der Waals surface area contributed by atoms with E-state index in [0.29, 0.717) is 12.4 Å². The number of nitrogens with one attached hydrogen (secondary N) is 2. The van der Waals surface area contributed by atoms with Gasteiger partial charge in [0.15, 0.2) is 5.82 Å². The van der Waals surface area contributed by atoms with Crippen molar-refractivity contribution in [3.05, 3.63) is 41.7 Å². The van der Waals surface area contributed by atoms with Crippen molar-refractivity contribution in [2.24, 2.45) is 0 Å². The summed E-state index contributed by atoms with van der Waals surface area (Å²) in [5.74, 6) is 1.31. The molecule has 0 aromatic carbocycles. The lowest BCUT2D eigenvalue weighted by Gasteiger charge is -2.26. The summed E-state index contributed by atoms with van der Waals surface area (Å²) in [6.45, 7) is 4.04. The van der Waals surface area contributed by atoms with Gasteiger partial charge < -0.3 is 5.32 Å². The van der Waals surface area contributed by atoms with Gasteiger partial charge in [0.05, 0.1) is 6.54 Å².